The first-order valence-corrected chi connectivity index (χ1v) is 11.5. The Hall–Kier alpha value is -0.0900. The zero-order valence-electron chi connectivity index (χ0n) is 11.4. The molecule has 1 atom stereocenters. The number of hydrogen-bond acceptors (Lipinski definition) is 4. The van der Waals surface area contributed by atoms with Crippen molar-refractivity contribution in [3.05, 3.63) is 24.3 Å². The summed E-state index contributed by atoms with van der Waals surface area (Å²) in [4.78, 5) is 1.00. The second kappa shape index (κ2) is 5.60. The lowest BCUT2D eigenvalue weighted by molar-refractivity contribution is 0.415. The Balaban J connectivity index is 1.89. The quantitative estimate of drug-likeness (QED) is 0.645. The van der Waals surface area contributed by atoms with Crippen LogP contribution in [0.4, 0.5) is 0 Å². The van der Waals surface area contributed by atoms with Crippen molar-refractivity contribution in [2.45, 2.75) is 36.9 Å². The summed E-state index contributed by atoms with van der Waals surface area (Å²) in [5.74, 6) is 0.870. The summed E-state index contributed by atoms with van der Waals surface area (Å²) in [6.07, 6.45) is 6.23. The Morgan fingerprint density at radius 3 is 2.45 bits per heavy atom. The maximum atomic E-state index is 5.98. The maximum Gasteiger partial charge on any atom is 0.118 e. The van der Waals surface area contributed by atoms with Gasteiger partial charge in [0.05, 0.1) is 16.8 Å². The van der Waals surface area contributed by atoms with Crippen LogP contribution >= 0.6 is 29.0 Å². The smallest absolute Gasteiger partial charge is 0.118 e. The van der Waals surface area contributed by atoms with Crippen LogP contribution in [0, 0.1) is 0 Å². The van der Waals surface area contributed by atoms with Crippen LogP contribution in [0.3, 0.4) is 0 Å². The van der Waals surface area contributed by atoms with E-state index in [-0.39, 0.29) is 4.75 Å². The summed E-state index contributed by atoms with van der Waals surface area (Å²) < 4.78 is 5.34. The largest absolute Gasteiger partial charge is 0.497 e. The molecule has 108 valence electrons. The Kier molecular flexibility index (Phi) is 4.15. The average Bonchev–Trinajstić information content (AvgIpc) is 2.72. The summed E-state index contributed by atoms with van der Waals surface area (Å²) >= 11 is 13.6. The van der Waals surface area contributed by atoms with Gasteiger partial charge in [-0.3, -0.25) is 0 Å². The number of methoxy groups -OCH3 is 1. The summed E-state index contributed by atoms with van der Waals surface area (Å²) in [6, 6.07) is 8.15. The van der Waals surface area contributed by atoms with Gasteiger partial charge in [-0.1, -0.05) is 54.7 Å². The van der Waals surface area contributed by atoms with Gasteiger partial charge in [0, 0.05) is 5.30 Å². The minimum Gasteiger partial charge on any atom is -0.497 e. The molecular formula is C14H18NOPS3. The lowest BCUT2D eigenvalue weighted by Crippen LogP contribution is -2.36. The predicted molar refractivity (Wildman–Crippen MR) is 96.1 cm³/mol. The normalized spacial score (nSPS) is 28.4. The van der Waals surface area contributed by atoms with Gasteiger partial charge in [0.1, 0.15) is 11.1 Å². The number of rotatable bonds is 2. The molecule has 1 heterocycles. The summed E-state index contributed by atoms with van der Waals surface area (Å²) in [5, 5.41) is 2.88. The van der Waals surface area contributed by atoms with E-state index in [1.807, 2.05) is 23.5 Å². The first kappa shape index (κ1) is 14.8. The van der Waals surface area contributed by atoms with Gasteiger partial charge in [0.25, 0.3) is 0 Å². The van der Waals surface area contributed by atoms with E-state index in [2.05, 4.69) is 17.2 Å². The molecule has 0 bridgehead atoms. The standard InChI is InChI=1S/C14H18NOPS3/c1-16-11-5-7-12(8-6-11)17(19)15-13(18)14(20-17)9-3-2-4-10-14/h5-8H,2-4,9-10H2,1H3,(H,15,18,19). The molecule has 1 aliphatic carbocycles. The second-order valence-electron chi connectivity index (χ2n) is 5.34. The van der Waals surface area contributed by atoms with E-state index in [0.29, 0.717) is 0 Å². The van der Waals surface area contributed by atoms with Gasteiger partial charge in [-0.25, -0.2) is 0 Å². The molecule has 0 amide bonds. The molecule has 1 saturated heterocycles. The van der Waals surface area contributed by atoms with E-state index in [1.54, 1.807) is 7.11 Å². The van der Waals surface area contributed by atoms with Crippen molar-refractivity contribution in [1.29, 1.82) is 0 Å². The molecule has 6 heteroatoms. The molecule has 2 aliphatic rings. The first-order valence-electron chi connectivity index (χ1n) is 6.86. The van der Waals surface area contributed by atoms with Crippen LogP contribution in [0.2, 0.25) is 0 Å². The third-order valence-electron chi connectivity index (χ3n) is 4.04. The van der Waals surface area contributed by atoms with Gasteiger partial charge >= 0.3 is 0 Å². The van der Waals surface area contributed by atoms with Gasteiger partial charge in [-0.05, 0) is 37.1 Å². The predicted octanol–water partition coefficient (Wildman–Crippen LogP) is 4.00. The lowest BCUT2D eigenvalue weighted by atomic mass is 9.88. The zero-order chi connectivity index (χ0) is 14.2. The average molecular weight is 343 g/mol. The van der Waals surface area contributed by atoms with Gasteiger partial charge in [0.15, 0.2) is 0 Å². The SMILES string of the molecule is COc1ccc(P2(=S)NC(=S)C3(CCCCC3)S2)cc1. The Bertz CT molecular complexity index is 566. The Morgan fingerprint density at radius 2 is 1.85 bits per heavy atom. The monoisotopic (exact) mass is 343 g/mol. The van der Waals surface area contributed by atoms with E-state index in [0.717, 1.165) is 10.7 Å². The van der Waals surface area contributed by atoms with Crippen LogP contribution in [0.1, 0.15) is 32.1 Å². The zero-order valence-corrected chi connectivity index (χ0v) is 14.8. The van der Waals surface area contributed by atoms with Gasteiger partial charge in [-0.2, -0.15) is 0 Å². The van der Waals surface area contributed by atoms with Crippen molar-refractivity contribution < 1.29 is 4.74 Å². The number of nitrogens with one attached hydrogen (secondary N) is 1. The molecule has 20 heavy (non-hydrogen) atoms. The molecule has 2 nitrogen and oxygen atoms in total. The van der Waals surface area contributed by atoms with E-state index in [1.165, 1.54) is 37.4 Å². The number of benzene rings is 1. The summed E-state index contributed by atoms with van der Waals surface area (Å²) in [5.41, 5.74) is 0. The van der Waals surface area contributed by atoms with Crippen LogP contribution in [0.15, 0.2) is 24.3 Å². The number of thiocarbonyl (C=S) groups is 1. The molecule has 1 saturated carbocycles. The highest BCUT2D eigenvalue weighted by Crippen LogP contribution is 2.68. The lowest BCUT2D eigenvalue weighted by Gasteiger charge is -2.31. The van der Waals surface area contributed by atoms with Crippen LogP contribution in [-0.2, 0) is 11.8 Å². The fourth-order valence-electron chi connectivity index (χ4n) is 2.88. The number of hydrogen-bond donors (Lipinski definition) is 1. The van der Waals surface area contributed by atoms with Crippen LogP contribution in [0.5, 0.6) is 5.75 Å². The molecule has 1 unspecified atom stereocenters. The molecule has 1 N–H and O–H groups in total. The van der Waals surface area contributed by atoms with Crippen LogP contribution < -0.4 is 15.1 Å². The molecule has 1 aromatic carbocycles. The van der Waals surface area contributed by atoms with Crippen molar-refractivity contribution in [1.82, 2.24) is 5.09 Å². The molecule has 3 rings (SSSR count). The minimum absolute atomic E-state index is 0.114. The highest BCUT2D eigenvalue weighted by atomic mass is 32.9. The first-order chi connectivity index (χ1) is 9.58. The van der Waals surface area contributed by atoms with Crippen molar-refractivity contribution in [2.75, 3.05) is 7.11 Å². The van der Waals surface area contributed by atoms with Gasteiger partial charge in [-0.15, -0.1) is 0 Å². The van der Waals surface area contributed by atoms with E-state index in [9.17, 15) is 0 Å². The second-order valence-corrected chi connectivity index (χ2v) is 13.1. The molecule has 2 fully saturated rings. The maximum absolute atomic E-state index is 5.98. The van der Waals surface area contributed by atoms with Gasteiger partial charge < -0.3 is 9.82 Å². The van der Waals surface area contributed by atoms with Crippen molar-refractivity contribution in [3.63, 3.8) is 0 Å². The van der Waals surface area contributed by atoms with E-state index < -0.39 is 5.39 Å². The summed E-state index contributed by atoms with van der Waals surface area (Å²) in [7, 11) is 1.68. The van der Waals surface area contributed by atoms with Crippen molar-refractivity contribution in [3.8, 4) is 5.75 Å². The molecule has 1 aliphatic heterocycles. The van der Waals surface area contributed by atoms with Crippen molar-refractivity contribution in [2.24, 2.45) is 0 Å². The van der Waals surface area contributed by atoms with E-state index in [4.69, 9.17) is 28.8 Å². The van der Waals surface area contributed by atoms with Crippen molar-refractivity contribution >= 4 is 51.1 Å². The number of ether oxygens (including phenoxy) is 1. The minimum atomic E-state index is -1.84. The van der Waals surface area contributed by atoms with Gasteiger partial charge in [0.2, 0.25) is 0 Å². The fraction of sp³-hybridized carbons (Fsp3) is 0.500. The Labute approximate surface area is 134 Å². The molecule has 1 spiro atoms. The topological polar surface area (TPSA) is 21.3 Å². The Morgan fingerprint density at radius 1 is 1.20 bits per heavy atom. The third-order valence-corrected chi connectivity index (χ3v) is 11.8. The van der Waals surface area contributed by atoms with Crippen LogP contribution in [-0.4, -0.2) is 16.8 Å². The van der Waals surface area contributed by atoms with E-state index >= 15 is 0 Å². The molecule has 0 radical (unpaired) electrons. The molecule has 1 aromatic rings. The third kappa shape index (κ3) is 2.54. The summed E-state index contributed by atoms with van der Waals surface area (Å²) in [6.45, 7) is 0. The fourth-order valence-corrected chi connectivity index (χ4v) is 11.9. The highest BCUT2D eigenvalue weighted by molar-refractivity contribution is 8.74. The highest BCUT2D eigenvalue weighted by Gasteiger charge is 2.48. The van der Waals surface area contributed by atoms with Crippen LogP contribution in [0.25, 0.3) is 0 Å². The molecule has 0 aromatic heterocycles. The molecular weight excluding hydrogens is 325 g/mol.